The maximum Gasteiger partial charge on any atom is 0.471 e. The highest BCUT2D eigenvalue weighted by molar-refractivity contribution is 5.94. The summed E-state index contributed by atoms with van der Waals surface area (Å²) in [5.74, 6) is -1.78. The number of piperidine rings is 1. The molecule has 2 aromatic rings. The highest BCUT2D eigenvalue weighted by Gasteiger charge is 2.38. The third kappa shape index (κ3) is 3.73. The van der Waals surface area contributed by atoms with Gasteiger partial charge in [-0.05, 0) is 38.1 Å². The minimum Gasteiger partial charge on any atom is -0.349 e. The second kappa shape index (κ2) is 6.60. The molecule has 1 fully saturated rings. The Kier molecular flexibility index (Phi) is 4.52. The quantitative estimate of drug-likeness (QED) is 0.896. The van der Waals surface area contributed by atoms with Gasteiger partial charge < -0.3 is 15.2 Å². The fraction of sp³-hybridized carbons (Fsp3) is 0.400. The van der Waals surface area contributed by atoms with Gasteiger partial charge in [0.2, 0.25) is 5.82 Å². The second-order valence-corrected chi connectivity index (χ2v) is 5.50. The molecular formula is C15H15F3N4O2. The lowest BCUT2D eigenvalue weighted by molar-refractivity contribution is -0.159. The van der Waals surface area contributed by atoms with Crippen LogP contribution in [0, 0.1) is 0 Å². The van der Waals surface area contributed by atoms with Crippen molar-refractivity contribution in [1.29, 1.82) is 0 Å². The molecule has 0 saturated carbocycles. The molecule has 0 atom stereocenters. The Hall–Kier alpha value is -2.42. The van der Waals surface area contributed by atoms with E-state index in [1.165, 1.54) is 24.3 Å². The number of hydrogen-bond donors (Lipinski definition) is 2. The molecule has 2 heterocycles. The molecule has 128 valence electrons. The molecule has 24 heavy (non-hydrogen) atoms. The Morgan fingerprint density at radius 1 is 1.21 bits per heavy atom. The van der Waals surface area contributed by atoms with Gasteiger partial charge in [-0.25, -0.2) is 0 Å². The maximum atomic E-state index is 12.5. The Labute approximate surface area is 135 Å². The molecule has 0 radical (unpaired) electrons. The summed E-state index contributed by atoms with van der Waals surface area (Å²) in [6, 6.07) is 6.15. The number of nitrogens with one attached hydrogen (secondary N) is 2. The first-order chi connectivity index (χ1) is 11.4. The highest BCUT2D eigenvalue weighted by Crippen LogP contribution is 2.29. The summed E-state index contributed by atoms with van der Waals surface area (Å²) in [7, 11) is 0. The van der Waals surface area contributed by atoms with E-state index in [0.29, 0.717) is 11.1 Å². The smallest absolute Gasteiger partial charge is 0.349 e. The fourth-order valence-electron chi connectivity index (χ4n) is 2.46. The Morgan fingerprint density at radius 2 is 1.88 bits per heavy atom. The van der Waals surface area contributed by atoms with Crippen molar-refractivity contribution in [3.63, 3.8) is 0 Å². The molecular weight excluding hydrogens is 325 g/mol. The molecule has 0 spiro atoms. The van der Waals surface area contributed by atoms with Crippen LogP contribution in [0.4, 0.5) is 13.2 Å². The van der Waals surface area contributed by atoms with Gasteiger partial charge in [-0.3, -0.25) is 4.79 Å². The highest BCUT2D eigenvalue weighted by atomic mass is 19.4. The zero-order chi connectivity index (χ0) is 17.2. The van der Waals surface area contributed by atoms with E-state index in [1.54, 1.807) is 0 Å². The number of aromatic nitrogens is 2. The number of alkyl halides is 3. The largest absolute Gasteiger partial charge is 0.471 e. The summed E-state index contributed by atoms with van der Waals surface area (Å²) in [5, 5.41) is 9.46. The lowest BCUT2D eigenvalue weighted by atomic mass is 10.1. The van der Waals surface area contributed by atoms with Crippen LogP contribution in [0.2, 0.25) is 0 Å². The summed E-state index contributed by atoms with van der Waals surface area (Å²) >= 11 is 0. The molecule has 2 N–H and O–H groups in total. The van der Waals surface area contributed by atoms with Gasteiger partial charge in [0.15, 0.2) is 0 Å². The van der Waals surface area contributed by atoms with Crippen molar-refractivity contribution in [2.75, 3.05) is 13.1 Å². The van der Waals surface area contributed by atoms with Gasteiger partial charge in [0.25, 0.3) is 5.91 Å². The third-order valence-electron chi connectivity index (χ3n) is 3.75. The van der Waals surface area contributed by atoms with Gasteiger partial charge in [0.05, 0.1) is 0 Å². The standard InChI is InChI=1S/C15H15F3N4O2/c16-15(17,18)14-21-12(22-24-14)9-1-3-10(4-2-9)13(23)20-11-5-7-19-8-6-11/h1-4,11,19H,5-8H2,(H,20,23). The van der Waals surface area contributed by atoms with E-state index in [9.17, 15) is 18.0 Å². The van der Waals surface area contributed by atoms with E-state index in [0.717, 1.165) is 25.9 Å². The molecule has 1 aliphatic rings. The van der Waals surface area contributed by atoms with Crippen LogP contribution in [0.25, 0.3) is 11.4 Å². The van der Waals surface area contributed by atoms with Crippen LogP contribution in [0.5, 0.6) is 0 Å². The summed E-state index contributed by atoms with van der Waals surface area (Å²) < 4.78 is 41.6. The molecule has 0 bridgehead atoms. The van der Waals surface area contributed by atoms with E-state index in [4.69, 9.17) is 0 Å². The normalized spacial score (nSPS) is 16.1. The van der Waals surface area contributed by atoms with Crippen molar-refractivity contribution in [2.45, 2.75) is 25.1 Å². The number of hydrogen-bond acceptors (Lipinski definition) is 5. The van der Waals surface area contributed by atoms with Crippen molar-refractivity contribution < 1.29 is 22.5 Å². The van der Waals surface area contributed by atoms with Gasteiger partial charge in [-0.15, -0.1) is 0 Å². The summed E-state index contributed by atoms with van der Waals surface area (Å²) in [4.78, 5) is 15.5. The van der Waals surface area contributed by atoms with Crippen molar-refractivity contribution >= 4 is 5.91 Å². The number of carbonyl (C=O) groups is 1. The van der Waals surface area contributed by atoms with Gasteiger partial charge in [0.1, 0.15) is 0 Å². The fourth-order valence-corrected chi connectivity index (χ4v) is 2.46. The van der Waals surface area contributed by atoms with Crippen LogP contribution in [-0.2, 0) is 6.18 Å². The van der Waals surface area contributed by atoms with E-state index in [2.05, 4.69) is 25.3 Å². The number of benzene rings is 1. The van der Waals surface area contributed by atoms with Crippen molar-refractivity contribution in [2.24, 2.45) is 0 Å². The number of nitrogens with zero attached hydrogens (tertiary/aromatic N) is 2. The Morgan fingerprint density at radius 3 is 2.46 bits per heavy atom. The minimum atomic E-state index is -4.68. The second-order valence-electron chi connectivity index (χ2n) is 5.50. The minimum absolute atomic E-state index is 0.130. The first-order valence-corrected chi connectivity index (χ1v) is 7.46. The van der Waals surface area contributed by atoms with E-state index >= 15 is 0 Å². The van der Waals surface area contributed by atoms with E-state index in [1.807, 2.05) is 0 Å². The molecule has 9 heteroatoms. The lowest BCUT2D eigenvalue weighted by Gasteiger charge is -2.23. The van der Waals surface area contributed by atoms with Gasteiger partial charge in [0, 0.05) is 17.2 Å². The Bertz CT molecular complexity index is 706. The zero-order valence-electron chi connectivity index (χ0n) is 12.6. The molecule has 0 unspecified atom stereocenters. The van der Waals surface area contributed by atoms with Gasteiger partial charge in [-0.1, -0.05) is 17.3 Å². The number of rotatable bonds is 3. The molecule has 1 aliphatic heterocycles. The average Bonchev–Trinajstić information content (AvgIpc) is 3.06. The van der Waals surface area contributed by atoms with Gasteiger partial charge in [-0.2, -0.15) is 18.2 Å². The van der Waals surface area contributed by atoms with Crippen LogP contribution < -0.4 is 10.6 Å². The number of halogens is 3. The van der Waals surface area contributed by atoms with Crippen LogP contribution in [0.15, 0.2) is 28.8 Å². The molecule has 1 aromatic carbocycles. The van der Waals surface area contributed by atoms with Crippen molar-refractivity contribution in [3.05, 3.63) is 35.7 Å². The SMILES string of the molecule is O=C(NC1CCNCC1)c1ccc(-c2noc(C(F)(F)F)n2)cc1. The molecule has 3 rings (SSSR count). The molecule has 0 aliphatic carbocycles. The predicted octanol–water partition coefficient (Wildman–Crippen LogP) is 2.24. The van der Waals surface area contributed by atoms with Crippen molar-refractivity contribution in [1.82, 2.24) is 20.8 Å². The van der Waals surface area contributed by atoms with E-state index < -0.39 is 12.1 Å². The lowest BCUT2D eigenvalue weighted by Crippen LogP contribution is -2.42. The molecule has 1 amide bonds. The van der Waals surface area contributed by atoms with Crippen LogP contribution in [0.1, 0.15) is 29.1 Å². The predicted molar refractivity (Wildman–Crippen MR) is 78.1 cm³/mol. The summed E-state index contributed by atoms with van der Waals surface area (Å²) in [6.45, 7) is 1.73. The number of carbonyl (C=O) groups excluding carboxylic acids is 1. The van der Waals surface area contributed by atoms with Crippen LogP contribution in [-0.4, -0.2) is 35.2 Å². The first kappa shape index (κ1) is 16.4. The Balaban J connectivity index is 1.68. The topological polar surface area (TPSA) is 80.0 Å². The molecule has 6 nitrogen and oxygen atoms in total. The summed E-state index contributed by atoms with van der Waals surface area (Å²) in [5.41, 5.74) is 0.768. The first-order valence-electron chi connectivity index (χ1n) is 7.46. The average molecular weight is 340 g/mol. The monoisotopic (exact) mass is 340 g/mol. The zero-order valence-corrected chi connectivity index (χ0v) is 12.6. The molecule has 1 aromatic heterocycles. The summed E-state index contributed by atoms with van der Waals surface area (Å²) in [6.07, 6.45) is -2.94. The third-order valence-corrected chi connectivity index (χ3v) is 3.75. The van der Waals surface area contributed by atoms with Crippen LogP contribution in [0.3, 0.4) is 0 Å². The van der Waals surface area contributed by atoms with Crippen LogP contribution >= 0.6 is 0 Å². The molecule has 1 saturated heterocycles. The van der Waals surface area contributed by atoms with Gasteiger partial charge >= 0.3 is 12.1 Å². The number of amides is 1. The van der Waals surface area contributed by atoms with Crippen molar-refractivity contribution in [3.8, 4) is 11.4 Å². The van der Waals surface area contributed by atoms with E-state index in [-0.39, 0.29) is 17.8 Å². The maximum absolute atomic E-state index is 12.5.